The van der Waals surface area contributed by atoms with Crippen molar-refractivity contribution in [2.24, 2.45) is 0 Å². The molecule has 166 valence electrons. The van der Waals surface area contributed by atoms with Gasteiger partial charge in [-0.3, -0.25) is 4.72 Å². The number of carboxylic acid groups (broad SMARTS) is 1. The maximum Gasteiger partial charge on any atom is 0.337 e. The highest BCUT2D eigenvalue weighted by molar-refractivity contribution is 7.92. The van der Waals surface area contributed by atoms with Crippen LogP contribution in [0.3, 0.4) is 0 Å². The molecule has 0 unspecified atom stereocenters. The Kier molecular flexibility index (Phi) is 5.95. The van der Waals surface area contributed by atoms with Gasteiger partial charge >= 0.3 is 5.97 Å². The van der Waals surface area contributed by atoms with E-state index in [4.69, 9.17) is 0 Å². The van der Waals surface area contributed by atoms with E-state index in [2.05, 4.69) is 14.6 Å². The molecular formula is C22H21FN4O4S. The third-order valence-corrected chi connectivity index (χ3v) is 6.59. The number of carbonyl (C=O) groups is 1. The lowest BCUT2D eigenvalue weighted by Crippen LogP contribution is -2.47. The predicted molar refractivity (Wildman–Crippen MR) is 119 cm³/mol. The molecule has 1 saturated heterocycles. The molecule has 8 nitrogen and oxygen atoms in total. The number of hydrogen-bond acceptors (Lipinski definition) is 6. The van der Waals surface area contributed by atoms with Crippen molar-refractivity contribution in [1.29, 1.82) is 0 Å². The van der Waals surface area contributed by atoms with Crippen molar-refractivity contribution in [2.75, 3.05) is 40.7 Å². The van der Waals surface area contributed by atoms with Gasteiger partial charge in [-0.2, -0.15) is 0 Å². The van der Waals surface area contributed by atoms with E-state index in [1.165, 1.54) is 12.1 Å². The zero-order valence-corrected chi connectivity index (χ0v) is 17.8. The highest BCUT2D eigenvalue weighted by Gasteiger charge is 2.23. The van der Waals surface area contributed by atoms with Gasteiger partial charge < -0.3 is 14.9 Å². The van der Waals surface area contributed by atoms with E-state index in [-0.39, 0.29) is 16.1 Å². The first-order chi connectivity index (χ1) is 15.3. The molecule has 1 aromatic heterocycles. The maximum absolute atomic E-state index is 13.1. The molecular weight excluding hydrogens is 435 g/mol. The predicted octanol–water partition coefficient (Wildman–Crippen LogP) is 3.05. The Labute approximate surface area is 185 Å². The molecule has 0 radical (unpaired) electrons. The Morgan fingerprint density at radius 3 is 2.28 bits per heavy atom. The van der Waals surface area contributed by atoms with Crippen molar-refractivity contribution in [3.8, 4) is 0 Å². The fraction of sp³-hybridized carbons (Fsp3) is 0.182. The van der Waals surface area contributed by atoms with Crippen molar-refractivity contribution >= 4 is 33.2 Å². The highest BCUT2D eigenvalue weighted by Crippen LogP contribution is 2.28. The van der Waals surface area contributed by atoms with Gasteiger partial charge in [0.1, 0.15) is 11.6 Å². The van der Waals surface area contributed by atoms with Gasteiger partial charge in [-0.1, -0.05) is 6.07 Å². The average Bonchev–Trinajstić information content (AvgIpc) is 2.80. The summed E-state index contributed by atoms with van der Waals surface area (Å²) in [5.41, 5.74) is 0.626. The second-order valence-electron chi connectivity index (χ2n) is 7.26. The first-order valence-electron chi connectivity index (χ1n) is 9.90. The standard InChI is InChI=1S/C22H21FN4O4S/c23-16-4-7-18(8-5-16)32(30,31)25-17-6-9-20(19(15-17)22(28)29)26-11-13-27(14-12-26)21-3-1-2-10-24-21/h1-10,15,25H,11-14H2,(H,28,29). The van der Waals surface area contributed by atoms with Gasteiger partial charge in [-0.25, -0.2) is 22.6 Å². The number of sulfonamides is 1. The molecule has 2 N–H and O–H groups in total. The molecule has 0 aliphatic carbocycles. The average molecular weight is 456 g/mol. The van der Waals surface area contributed by atoms with Crippen LogP contribution in [0.2, 0.25) is 0 Å². The number of hydrogen-bond donors (Lipinski definition) is 2. The lowest BCUT2D eigenvalue weighted by Gasteiger charge is -2.37. The SMILES string of the molecule is O=C(O)c1cc(NS(=O)(=O)c2ccc(F)cc2)ccc1N1CCN(c2ccccn2)CC1. The molecule has 0 spiro atoms. The van der Waals surface area contributed by atoms with E-state index < -0.39 is 21.8 Å². The van der Waals surface area contributed by atoms with Gasteiger partial charge in [0.15, 0.2) is 0 Å². The summed E-state index contributed by atoms with van der Waals surface area (Å²) >= 11 is 0. The topological polar surface area (TPSA) is 103 Å². The Morgan fingerprint density at radius 2 is 1.66 bits per heavy atom. The van der Waals surface area contributed by atoms with E-state index in [1.807, 2.05) is 23.1 Å². The number of aromatic carboxylic acids is 1. The van der Waals surface area contributed by atoms with Gasteiger partial charge in [0, 0.05) is 38.1 Å². The van der Waals surface area contributed by atoms with Crippen LogP contribution in [0, 0.1) is 5.82 Å². The second-order valence-corrected chi connectivity index (χ2v) is 8.94. The number of nitrogens with one attached hydrogen (secondary N) is 1. The zero-order valence-electron chi connectivity index (χ0n) is 17.0. The normalized spacial score (nSPS) is 14.3. The Hall–Kier alpha value is -3.66. The molecule has 3 aromatic rings. The third-order valence-electron chi connectivity index (χ3n) is 5.20. The van der Waals surface area contributed by atoms with Crippen LogP contribution >= 0.6 is 0 Å². The molecule has 2 aromatic carbocycles. The highest BCUT2D eigenvalue weighted by atomic mass is 32.2. The van der Waals surface area contributed by atoms with Crippen LogP contribution < -0.4 is 14.5 Å². The van der Waals surface area contributed by atoms with Crippen molar-refractivity contribution in [1.82, 2.24) is 4.98 Å². The summed E-state index contributed by atoms with van der Waals surface area (Å²) < 4.78 is 40.6. The van der Waals surface area contributed by atoms with Crippen molar-refractivity contribution in [2.45, 2.75) is 4.90 Å². The number of pyridine rings is 1. The van der Waals surface area contributed by atoms with Crippen molar-refractivity contribution < 1.29 is 22.7 Å². The molecule has 0 atom stereocenters. The summed E-state index contributed by atoms with van der Waals surface area (Å²) in [5.74, 6) is -0.837. The molecule has 1 fully saturated rings. The van der Waals surface area contributed by atoms with Gasteiger partial charge in [0.2, 0.25) is 0 Å². The fourth-order valence-corrected chi connectivity index (χ4v) is 4.64. The van der Waals surface area contributed by atoms with Crippen LogP contribution in [0.4, 0.5) is 21.6 Å². The molecule has 0 saturated carbocycles. The molecule has 0 bridgehead atoms. The van der Waals surface area contributed by atoms with E-state index in [1.54, 1.807) is 12.3 Å². The number of piperazine rings is 1. The van der Waals surface area contributed by atoms with E-state index in [0.717, 1.165) is 30.1 Å². The number of anilines is 3. The van der Waals surface area contributed by atoms with Gasteiger partial charge in [0.25, 0.3) is 10.0 Å². The molecule has 32 heavy (non-hydrogen) atoms. The Bertz CT molecular complexity index is 1210. The number of aromatic nitrogens is 1. The van der Waals surface area contributed by atoms with Crippen LogP contribution in [0.5, 0.6) is 0 Å². The first kappa shape index (κ1) is 21.6. The first-order valence-corrected chi connectivity index (χ1v) is 11.4. The summed E-state index contributed by atoms with van der Waals surface area (Å²) in [4.78, 5) is 20.2. The van der Waals surface area contributed by atoms with Crippen molar-refractivity contribution in [3.05, 3.63) is 78.2 Å². The number of carboxylic acids is 1. The van der Waals surface area contributed by atoms with Crippen LogP contribution in [0.25, 0.3) is 0 Å². The van der Waals surface area contributed by atoms with E-state index >= 15 is 0 Å². The van der Waals surface area contributed by atoms with Gasteiger partial charge in [-0.05, 0) is 54.6 Å². The minimum Gasteiger partial charge on any atom is -0.478 e. The van der Waals surface area contributed by atoms with E-state index in [9.17, 15) is 22.7 Å². The smallest absolute Gasteiger partial charge is 0.337 e. The van der Waals surface area contributed by atoms with Gasteiger partial charge in [-0.15, -0.1) is 0 Å². The number of halogens is 1. The number of benzene rings is 2. The molecule has 0 amide bonds. The summed E-state index contributed by atoms with van der Waals surface area (Å²) in [7, 11) is -3.99. The second kappa shape index (κ2) is 8.83. The van der Waals surface area contributed by atoms with Crippen LogP contribution in [-0.4, -0.2) is 50.7 Å². The Balaban J connectivity index is 1.52. The molecule has 1 aliphatic rings. The fourth-order valence-electron chi connectivity index (χ4n) is 3.59. The largest absolute Gasteiger partial charge is 0.478 e. The van der Waals surface area contributed by atoms with Crippen molar-refractivity contribution in [3.63, 3.8) is 0 Å². The third kappa shape index (κ3) is 4.65. The molecule has 1 aliphatic heterocycles. The van der Waals surface area contributed by atoms with Crippen LogP contribution in [0.15, 0.2) is 71.8 Å². The summed E-state index contributed by atoms with van der Waals surface area (Å²) in [5, 5.41) is 9.73. The monoisotopic (exact) mass is 456 g/mol. The molecule has 10 heteroatoms. The van der Waals surface area contributed by atoms with Crippen LogP contribution in [0.1, 0.15) is 10.4 Å². The molecule has 4 rings (SSSR count). The molecule has 2 heterocycles. The van der Waals surface area contributed by atoms with Crippen LogP contribution in [-0.2, 0) is 10.0 Å². The number of nitrogens with zero attached hydrogens (tertiary/aromatic N) is 3. The summed E-state index contributed by atoms with van der Waals surface area (Å²) in [6.45, 7) is 2.54. The summed E-state index contributed by atoms with van der Waals surface area (Å²) in [6, 6.07) is 14.5. The number of rotatable bonds is 6. The zero-order chi connectivity index (χ0) is 22.7. The summed E-state index contributed by atoms with van der Waals surface area (Å²) in [6.07, 6.45) is 1.73. The van der Waals surface area contributed by atoms with Gasteiger partial charge in [0.05, 0.1) is 16.1 Å². The van der Waals surface area contributed by atoms with E-state index in [0.29, 0.717) is 31.9 Å². The minimum atomic E-state index is -3.99. The quantitative estimate of drug-likeness (QED) is 0.588. The Morgan fingerprint density at radius 1 is 0.969 bits per heavy atom. The minimum absolute atomic E-state index is 0.00408. The lowest BCUT2D eigenvalue weighted by atomic mass is 10.1. The maximum atomic E-state index is 13.1. The lowest BCUT2D eigenvalue weighted by molar-refractivity contribution is 0.0697.